The highest BCUT2D eigenvalue weighted by atomic mass is 19.1. The van der Waals surface area contributed by atoms with E-state index in [1.165, 1.54) is 6.08 Å². The van der Waals surface area contributed by atoms with Crippen LogP contribution in [0, 0.1) is 11.7 Å². The lowest BCUT2D eigenvalue weighted by Crippen LogP contribution is -2.62. The Labute approximate surface area is 252 Å². The molecular formula is C32H33F2N7O3. The number of aliphatic imine (C=N–C) groups is 1. The molecule has 2 aromatic rings. The predicted octanol–water partition coefficient (Wildman–Crippen LogP) is 3.21. The highest BCUT2D eigenvalue weighted by Crippen LogP contribution is 2.45. The molecule has 4 fully saturated rings. The third kappa shape index (κ3) is 3.92. The second-order valence-corrected chi connectivity index (χ2v) is 13.2. The van der Waals surface area contributed by atoms with Crippen molar-refractivity contribution in [3.63, 3.8) is 0 Å². The maximum atomic E-state index is 16.9. The zero-order chi connectivity index (χ0) is 29.7. The molecule has 1 amide bonds. The van der Waals surface area contributed by atoms with Crippen molar-refractivity contribution in [2.24, 2.45) is 10.9 Å². The number of dihydropyridines is 1. The van der Waals surface area contributed by atoms with Crippen LogP contribution >= 0.6 is 0 Å². The molecule has 0 aromatic carbocycles. The molecule has 1 aliphatic carbocycles. The van der Waals surface area contributed by atoms with E-state index >= 15 is 4.39 Å². The van der Waals surface area contributed by atoms with Gasteiger partial charge in [0, 0.05) is 43.6 Å². The summed E-state index contributed by atoms with van der Waals surface area (Å²) in [4.78, 5) is 35.5. The predicted molar refractivity (Wildman–Crippen MR) is 158 cm³/mol. The molecule has 6 aliphatic heterocycles. The van der Waals surface area contributed by atoms with Crippen LogP contribution in [-0.2, 0) is 4.79 Å². The molecule has 44 heavy (non-hydrogen) atoms. The van der Waals surface area contributed by atoms with Gasteiger partial charge in [-0.05, 0) is 44.7 Å². The van der Waals surface area contributed by atoms with Crippen molar-refractivity contribution >= 4 is 28.3 Å². The number of nitrogens with zero attached hydrogens (tertiary/aromatic N) is 6. The maximum absolute atomic E-state index is 16.9. The number of anilines is 1. The second kappa shape index (κ2) is 9.61. The van der Waals surface area contributed by atoms with E-state index in [0.717, 1.165) is 37.8 Å². The lowest BCUT2D eigenvalue weighted by Gasteiger charge is -2.42. The molecular weight excluding hydrogens is 568 g/mol. The number of allylic oxidation sites excluding steroid dienone is 5. The summed E-state index contributed by atoms with van der Waals surface area (Å²) in [7, 11) is 0. The van der Waals surface area contributed by atoms with Crippen molar-refractivity contribution < 1.29 is 23.0 Å². The molecule has 2 aromatic heterocycles. The molecule has 10 nitrogen and oxygen atoms in total. The van der Waals surface area contributed by atoms with E-state index in [1.54, 1.807) is 0 Å². The smallest absolute Gasteiger partial charge is 0.319 e. The molecule has 9 rings (SSSR count). The first-order valence-electron chi connectivity index (χ1n) is 15.7. The summed E-state index contributed by atoms with van der Waals surface area (Å²) in [5, 5.41) is 4.10. The Bertz CT molecular complexity index is 1730. The molecule has 0 spiro atoms. The SMILES string of the molecule is C[C@@H]1Oc2nc(C3=NC(=O)C=C4C=CC=CC43)c(F)c3nc(OC[C@@]45CCCN4C[C@H](F)C5)nc(c23)N2C[C@H]3CC[C@H](N3)[C@@H]12. The van der Waals surface area contributed by atoms with Crippen molar-refractivity contribution in [1.82, 2.24) is 25.2 Å². The molecule has 4 saturated heterocycles. The van der Waals surface area contributed by atoms with Gasteiger partial charge in [0.2, 0.25) is 5.88 Å². The minimum Gasteiger partial charge on any atom is -0.472 e. The minimum atomic E-state index is -0.896. The highest BCUT2D eigenvalue weighted by molar-refractivity contribution is 6.15. The average Bonchev–Trinajstić information content (AvgIpc) is 3.65. The topological polar surface area (TPSA) is 105 Å². The first-order valence-corrected chi connectivity index (χ1v) is 15.7. The third-order valence-electron chi connectivity index (χ3n) is 10.6. The molecule has 1 unspecified atom stereocenters. The fraction of sp³-hybridized carbons (Fsp3) is 0.531. The third-order valence-corrected chi connectivity index (χ3v) is 10.6. The van der Waals surface area contributed by atoms with Crippen LogP contribution in [0.2, 0.25) is 0 Å². The van der Waals surface area contributed by atoms with E-state index in [4.69, 9.17) is 19.4 Å². The van der Waals surface area contributed by atoms with Gasteiger partial charge in [-0.25, -0.2) is 18.8 Å². The lowest BCUT2D eigenvalue weighted by molar-refractivity contribution is -0.113. The summed E-state index contributed by atoms with van der Waals surface area (Å²) in [6.07, 6.45) is 11.9. The van der Waals surface area contributed by atoms with Crippen LogP contribution in [0.5, 0.6) is 11.9 Å². The number of hydrogen-bond donors (Lipinski definition) is 1. The van der Waals surface area contributed by atoms with Crippen molar-refractivity contribution in [2.75, 3.05) is 31.1 Å². The molecule has 0 saturated carbocycles. The number of amides is 1. The minimum absolute atomic E-state index is 0.0147. The number of carbonyl (C=O) groups is 1. The van der Waals surface area contributed by atoms with Crippen LogP contribution in [0.3, 0.4) is 0 Å². The molecule has 8 heterocycles. The zero-order valence-corrected chi connectivity index (χ0v) is 24.4. The Hall–Kier alpha value is -3.77. The number of ether oxygens (including phenoxy) is 2. The first-order chi connectivity index (χ1) is 21.4. The number of piperazine rings is 1. The van der Waals surface area contributed by atoms with Crippen LogP contribution < -0.4 is 19.7 Å². The summed E-state index contributed by atoms with van der Waals surface area (Å²) >= 11 is 0. The lowest BCUT2D eigenvalue weighted by atomic mass is 9.86. The van der Waals surface area contributed by atoms with Crippen LogP contribution in [0.1, 0.15) is 44.7 Å². The van der Waals surface area contributed by atoms with Gasteiger partial charge >= 0.3 is 6.01 Å². The van der Waals surface area contributed by atoms with Crippen LogP contribution in [0.4, 0.5) is 14.6 Å². The van der Waals surface area contributed by atoms with Crippen LogP contribution in [-0.4, -0.2) is 93.7 Å². The van der Waals surface area contributed by atoms with E-state index in [9.17, 15) is 9.18 Å². The van der Waals surface area contributed by atoms with Gasteiger partial charge in [0.05, 0.1) is 17.3 Å². The number of hydrogen-bond acceptors (Lipinski definition) is 9. The Balaban J connectivity index is 1.20. The van der Waals surface area contributed by atoms with Crippen molar-refractivity contribution in [3.8, 4) is 11.9 Å². The van der Waals surface area contributed by atoms with E-state index in [0.29, 0.717) is 30.7 Å². The Morgan fingerprint density at radius 1 is 1.20 bits per heavy atom. The summed E-state index contributed by atoms with van der Waals surface area (Å²) in [6.45, 7) is 4.15. The Morgan fingerprint density at radius 3 is 3.02 bits per heavy atom. The van der Waals surface area contributed by atoms with Gasteiger partial charge in [-0.3, -0.25) is 9.69 Å². The second-order valence-electron chi connectivity index (χ2n) is 13.2. The molecule has 12 heteroatoms. The molecule has 228 valence electrons. The van der Waals surface area contributed by atoms with Crippen molar-refractivity contribution in [2.45, 2.75) is 75.0 Å². The van der Waals surface area contributed by atoms with Gasteiger partial charge in [-0.15, -0.1) is 0 Å². The number of aromatic nitrogens is 3. The molecule has 7 aliphatic rings. The van der Waals surface area contributed by atoms with E-state index in [-0.39, 0.29) is 59.6 Å². The quantitative estimate of drug-likeness (QED) is 0.566. The van der Waals surface area contributed by atoms with Gasteiger partial charge in [-0.1, -0.05) is 24.3 Å². The summed E-state index contributed by atoms with van der Waals surface area (Å²) in [6, 6.07) is 0.428. The van der Waals surface area contributed by atoms with Gasteiger partial charge in [-0.2, -0.15) is 9.97 Å². The number of alkyl halides is 1. The average molecular weight is 602 g/mol. The van der Waals surface area contributed by atoms with Crippen molar-refractivity contribution in [3.05, 3.63) is 47.5 Å². The number of rotatable bonds is 4. The largest absolute Gasteiger partial charge is 0.472 e. The van der Waals surface area contributed by atoms with Gasteiger partial charge in [0.15, 0.2) is 5.82 Å². The van der Waals surface area contributed by atoms with E-state index < -0.39 is 29.4 Å². The van der Waals surface area contributed by atoms with Crippen LogP contribution in [0.15, 0.2) is 40.9 Å². The fourth-order valence-electron chi connectivity index (χ4n) is 8.68. The normalized spacial score (nSPS) is 35.2. The number of carbonyl (C=O) groups excluding carboxylic acids is 1. The summed E-state index contributed by atoms with van der Waals surface area (Å²) in [5.74, 6) is -0.856. The zero-order valence-electron chi connectivity index (χ0n) is 24.4. The Morgan fingerprint density at radius 2 is 2.11 bits per heavy atom. The first kappa shape index (κ1) is 26.6. The number of halogens is 2. The van der Waals surface area contributed by atoms with Gasteiger partial charge in [0.1, 0.15) is 41.3 Å². The van der Waals surface area contributed by atoms with E-state index in [1.807, 2.05) is 31.2 Å². The van der Waals surface area contributed by atoms with Gasteiger partial charge in [0.25, 0.3) is 5.91 Å². The number of nitrogens with one attached hydrogen (secondary N) is 1. The monoisotopic (exact) mass is 601 g/mol. The molecule has 2 bridgehead atoms. The molecule has 0 radical (unpaired) electrons. The van der Waals surface area contributed by atoms with E-state index in [2.05, 4.69) is 25.1 Å². The molecule has 7 atom stereocenters. The van der Waals surface area contributed by atoms with Crippen LogP contribution in [0.25, 0.3) is 10.9 Å². The number of fused-ring (bicyclic) bond motifs is 7. The van der Waals surface area contributed by atoms with Gasteiger partial charge < -0.3 is 19.7 Å². The number of pyridine rings is 1. The van der Waals surface area contributed by atoms with Crippen molar-refractivity contribution in [1.29, 1.82) is 0 Å². The maximum Gasteiger partial charge on any atom is 0.319 e. The fourth-order valence-corrected chi connectivity index (χ4v) is 8.68. The molecule has 1 N–H and O–H groups in total. The summed E-state index contributed by atoms with van der Waals surface area (Å²) < 4.78 is 44.2. The summed E-state index contributed by atoms with van der Waals surface area (Å²) in [5.41, 5.74) is 0.467. The Kier molecular flexibility index (Phi) is 5.82. The standard InChI is InChI=1S/C32H33F2N7O3/c1-16-28-21-8-7-19(35-21)14-41(28)29-23-26(38-31(39-29)43-15-32-9-4-10-40(32)13-18(33)12-32)24(34)27(37-30(23)44-16)25-20-6-3-2-5-17(20)11-22(42)36-25/h2-3,5-6,11,16,18-21,28,35H,4,7-10,12-15H2,1H3/t16-,18+,19+,20?,21-,28+,32-/m0/s1. The highest BCUT2D eigenvalue weighted by Gasteiger charge is 2.50.